The number of unbranched alkanes of at least 4 members (excludes halogenated alkanes) is 18. The van der Waals surface area contributed by atoms with Crippen molar-refractivity contribution >= 4 is 11.9 Å². The molecular weight excluding hydrogens is 456 g/mol. The Hall–Kier alpha value is -1.06. The number of rotatable bonds is 22. The molecule has 0 aliphatic heterocycles. The van der Waals surface area contributed by atoms with Crippen LogP contribution in [0.25, 0.3) is 0 Å². The SMILES string of the molecule is CCCCCCCCCCCC=CC(=O)O.CCCCCCCCCCCC=CC(=O)O.[Fe]. The van der Waals surface area contributed by atoms with Crippen LogP contribution in [0.2, 0.25) is 0 Å². The first-order chi connectivity index (χ1) is 15.5. The molecule has 33 heavy (non-hydrogen) atoms. The van der Waals surface area contributed by atoms with E-state index in [1.54, 1.807) is 12.2 Å². The van der Waals surface area contributed by atoms with E-state index in [4.69, 9.17) is 10.2 Å². The first-order valence-electron chi connectivity index (χ1n) is 13.3. The molecule has 0 aromatic carbocycles. The molecule has 4 nitrogen and oxygen atoms in total. The Balaban J connectivity index is -0.000000529. The van der Waals surface area contributed by atoms with Crippen LogP contribution in [0, 0.1) is 0 Å². The van der Waals surface area contributed by atoms with Crippen molar-refractivity contribution < 1.29 is 36.9 Å². The monoisotopic (exact) mass is 508 g/mol. The van der Waals surface area contributed by atoms with Crippen LogP contribution in [0.4, 0.5) is 0 Å². The fourth-order valence-electron chi connectivity index (χ4n) is 3.51. The third kappa shape index (κ3) is 41.7. The molecule has 5 heteroatoms. The zero-order valence-electron chi connectivity index (χ0n) is 21.5. The van der Waals surface area contributed by atoms with Gasteiger partial charge in [-0.05, 0) is 25.7 Å². The van der Waals surface area contributed by atoms with Gasteiger partial charge >= 0.3 is 11.9 Å². The van der Waals surface area contributed by atoms with Gasteiger partial charge in [0.2, 0.25) is 0 Å². The van der Waals surface area contributed by atoms with Gasteiger partial charge in [-0.15, -0.1) is 0 Å². The van der Waals surface area contributed by atoms with Gasteiger partial charge < -0.3 is 10.2 Å². The largest absolute Gasteiger partial charge is 0.478 e. The third-order valence-corrected chi connectivity index (χ3v) is 5.47. The van der Waals surface area contributed by atoms with Crippen LogP contribution in [-0.4, -0.2) is 22.2 Å². The average molecular weight is 509 g/mol. The van der Waals surface area contributed by atoms with E-state index in [0.717, 1.165) is 25.7 Å². The Morgan fingerprint density at radius 2 is 0.727 bits per heavy atom. The van der Waals surface area contributed by atoms with E-state index in [2.05, 4.69) is 13.8 Å². The van der Waals surface area contributed by atoms with E-state index < -0.39 is 11.9 Å². The molecule has 0 rings (SSSR count). The molecular formula is C28H52FeO4. The maximum atomic E-state index is 10.2. The zero-order chi connectivity index (χ0) is 24.1. The summed E-state index contributed by atoms with van der Waals surface area (Å²) in [6.45, 7) is 4.48. The molecule has 0 aromatic heterocycles. The Labute approximate surface area is 215 Å². The molecule has 0 atom stereocenters. The average Bonchev–Trinajstić information content (AvgIpc) is 2.76. The summed E-state index contributed by atoms with van der Waals surface area (Å²) in [5.74, 6) is -1.67. The topological polar surface area (TPSA) is 74.6 Å². The van der Waals surface area contributed by atoms with Crippen molar-refractivity contribution in [3.8, 4) is 0 Å². The fraction of sp³-hybridized carbons (Fsp3) is 0.786. The van der Waals surface area contributed by atoms with Gasteiger partial charge in [-0.25, -0.2) is 9.59 Å². The number of hydrogen-bond acceptors (Lipinski definition) is 2. The number of carboxylic acid groups (broad SMARTS) is 2. The maximum Gasteiger partial charge on any atom is 0.327 e. The Bertz CT molecular complexity index is 419. The second-order valence-corrected chi connectivity index (χ2v) is 8.72. The van der Waals surface area contributed by atoms with E-state index in [-0.39, 0.29) is 17.1 Å². The van der Waals surface area contributed by atoms with Gasteiger partial charge in [-0.1, -0.05) is 129 Å². The van der Waals surface area contributed by atoms with Gasteiger partial charge in [0.15, 0.2) is 0 Å². The second kappa shape index (κ2) is 33.1. The molecule has 0 aromatic rings. The van der Waals surface area contributed by atoms with E-state index in [1.165, 1.54) is 115 Å². The molecule has 0 heterocycles. The van der Waals surface area contributed by atoms with Crippen LogP contribution < -0.4 is 0 Å². The summed E-state index contributed by atoms with van der Waals surface area (Å²) < 4.78 is 0. The van der Waals surface area contributed by atoms with Crippen molar-refractivity contribution in [1.82, 2.24) is 0 Å². The van der Waals surface area contributed by atoms with Crippen LogP contribution in [-0.2, 0) is 26.7 Å². The van der Waals surface area contributed by atoms with Gasteiger partial charge in [0.25, 0.3) is 0 Å². The number of hydrogen-bond donors (Lipinski definition) is 2. The molecule has 0 bridgehead atoms. The van der Waals surface area contributed by atoms with Crippen molar-refractivity contribution in [2.75, 3.05) is 0 Å². The molecule has 0 fully saturated rings. The summed E-state index contributed by atoms with van der Waals surface area (Å²) in [7, 11) is 0. The molecule has 0 radical (unpaired) electrons. The molecule has 0 amide bonds. The second-order valence-electron chi connectivity index (χ2n) is 8.72. The van der Waals surface area contributed by atoms with Crippen LogP contribution in [0.15, 0.2) is 24.3 Å². The van der Waals surface area contributed by atoms with Crippen molar-refractivity contribution in [3.05, 3.63) is 24.3 Å². The zero-order valence-corrected chi connectivity index (χ0v) is 22.6. The minimum Gasteiger partial charge on any atom is -0.478 e. The summed E-state index contributed by atoms with van der Waals surface area (Å²) in [6, 6.07) is 0. The van der Waals surface area contributed by atoms with Crippen molar-refractivity contribution in [2.24, 2.45) is 0 Å². The predicted molar refractivity (Wildman–Crippen MR) is 137 cm³/mol. The van der Waals surface area contributed by atoms with Gasteiger partial charge in [-0.2, -0.15) is 0 Å². The maximum absolute atomic E-state index is 10.2. The summed E-state index contributed by atoms with van der Waals surface area (Å²) in [5, 5.41) is 16.7. The summed E-state index contributed by atoms with van der Waals surface area (Å²) >= 11 is 0. The first-order valence-corrected chi connectivity index (χ1v) is 13.3. The van der Waals surface area contributed by atoms with Crippen LogP contribution in [0.1, 0.15) is 142 Å². The smallest absolute Gasteiger partial charge is 0.327 e. The quantitative estimate of drug-likeness (QED) is 0.0869. The molecule has 2 N–H and O–H groups in total. The summed E-state index contributed by atoms with van der Waals surface area (Å²) in [6.07, 6.45) is 31.4. The molecule has 0 saturated carbocycles. The number of carboxylic acids is 2. The molecule has 0 aliphatic rings. The van der Waals surface area contributed by atoms with E-state index in [9.17, 15) is 9.59 Å². The first kappa shape index (κ1) is 36.5. The van der Waals surface area contributed by atoms with Crippen LogP contribution in [0.5, 0.6) is 0 Å². The minimum atomic E-state index is -0.837. The van der Waals surface area contributed by atoms with Crippen LogP contribution >= 0.6 is 0 Å². The molecule has 0 spiro atoms. The summed E-state index contributed by atoms with van der Waals surface area (Å²) in [5.41, 5.74) is 0. The summed E-state index contributed by atoms with van der Waals surface area (Å²) in [4.78, 5) is 20.3. The minimum absolute atomic E-state index is 0. The molecule has 0 saturated heterocycles. The Kier molecular flexibility index (Phi) is 36.6. The molecule has 0 unspecified atom stereocenters. The predicted octanol–water partition coefficient (Wildman–Crippen LogP) is 9.09. The van der Waals surface area contributed by atoms with Gasteiger partial charge in [-0.3, -0.25) is 0 Å². The van der Waals surface area contributed by atoms with E-state index in [1.807, 2.05) is 0 Å². The Morgan fingerprint density at radius 3 is 0.970 bits per heavy atom. The normalized spacial score (nSPS) is 10.7. The number of aliphatic carboxylic acids is 2. The van der Waals surface area contributed by atoms with E-state index in [0.29, 0.717) is 0 Å². The molecule has 196 valence electrons. The number of carbonyl (C=O) groups is 2. The number of allylic oxidation sites excluding steroid dienone is 2. The van der Waals surface area contributed by atoms with Gasteiger partial charge in [0, 0.05) is 29.2 Å². The van der Waals surface area contributed by atoms with E-state index >= 15 is 0 Å². The van der Waals surface area contributed by atoms with Gasteiger partial charge in [0.05, 0.1) is 0 Å². The standard InChI is InChI=1S/2C14H26O2.Fe/c2*1-2-3-4-5-6-7-8-9-10-11-12-13-14(15)16;/h2*12-13H,2-11H2,1H3,(H,15,16);. The van der Waals surface area contributed by atoms with Gasteiger partial charge in [0.1, 0.15) is 0 Å². The van der Waals surface area contributed by atoms with Crippen molar-refractivity contribution in [1.29, 1.82) is 0 Å². The molecule has 0 aliphatic carbocycles. The van der Waals surface area contributed by atoms with Crippen molar-refractivity contribution in [2.45, 2.75) is 142 Å². The third-order valence-electron chi connectivity index (χ3n) is 5.47. The fourth-order valence-corrected chi connectivity index (χ4v) is 3.51. The van der Waals surface area contributed by atoms with Crippen molar-refractivity contribution in [3.63, 3.8) is 0 Å². The Morgan fingerprint density at radius 1 is 0.485 bits per heavy atom. The van der Waals surface area contributed by atoms with Crippen LogP contribution in [0.3, 0.4) is 0 Å².